The van der Waals surface area contributed by atoms with Crippen molar-refractivity contribution in [3.05, 3.63) is 23.5 Å². The largest absolute Gasteiger partial charge is 0.501 e. The molecule has 0 saturated carbocycles. The van der Waals surface area contributed by atoms with Gasteiger partial charge in [0.05, 0.1) is 7.11 Å². The number of carbonyl (C=O) groups excluding carboxylic acids is 1. The minimum Gasteiger partial charge on any atom is -0.501 e. The van der Waals surface area contributed by atoms with Gasteiger partial charge in [0.1, 0.15) is 5.76 Å². The van der Waals surface area contributed by atoms with E-state index in [-0.39, 0.29) is 11.7 Å². The maximum atomic E-state index is 11.5. The minimum absolute atomic E-state index is 0.191. The zero-order chi connectivity index (χ0) is 10.0. The summed E-state index contributed by atoms with van der Waals surface area (Å²) in [7, 11) is 1.62. The van der Waals surface area contributed by atoms with E-state index in [1.807, 2.05) is 13.8 Å². The summed E-state index contributed by atoms with van der Waals surface area (Å²) in [5.41, 5.74) is 1.84. The molecule has 2 nitrogen and oxygen atoms in total. The molecule has 0 heterocycles. The van der Waals surface area contributed by atoms with Gasteiger partial charge in [-0.2, -0.15) is 0 Å². The van der Waals surface area contributed by atoms with Crippen LogP contribution in [0.1, 0.15) is 26.7 Å². The third-order valence-corrected chi connectivity index (χ3v) is 2.64. The lowest BCUT2D eigenvalue weighted by Crippen LogP contribution is -2.19. The topological polar surface area (TPSA) is 26.3 Å². The lowest BCUT2D eigenvalue weighted by Gasteiger charge is -2.24. The van der Waals surface area contributed by atoms with E-state index in [9.17, 15) is 4.79 Å². The normalized spacial score (nSPS) is 23.3. The molecule has 0 spiro atoms. The SMILES string of the molecule is C=C(C)[C@@H]1CC(=O)C(C)=C(OC)C1. The number of Topliss-reactive ketones (excluding diaryl/α,β-unsaturated/α-hetero) is 1. The summed E-state index contributed by atoms with van der Waals surface area (Å²) in [5.74, 6) is 1.28. The first-order valence-electron chi connectivity index (χ1n) is 4.48. The Balaban J connectivity index is 2.88. The molecule has 13 heavy (non-hydrogen) atoms. The molecule has 1 aliphatic carbocycles. The van der Waals surface area contributed by atoms with E-state index < -0.39 is 0 Å². The molecule has 0 aliphatic heterocycles. The van der Waals surface area contributed by atoms with Crippen LogP contribution in [0, 0.1) is 5.92 Å². The van der Waals surface area contributed by atoms with Gasteiger partial charge in [-0.3, -0.25) is 4.79 Å². The highest BCUT2D eigenvalue weighted by atomic mass is 16.5. The highest BCUT2D eigenvalue weighted by Gasteiger charge is 2.25. The average molecular weight is 180 g/mol. The maximum absolute atomic E-state index is 11.5. The lowest BCUT2D eigenvalue weighted by molar-refractivity contribution is -0.117. The van der Waals surface area contributed by atoms with Crippen LogP contribution in [-0.2, 0) is 9.53 Å². The molecule has 0 radical (unpaired) electrons. The molecule has 0 saturated heterocycles. The number of ether oxygens (including phenoxy) is 1. The van der Waals surface area contributed by atoms with Crippen molar-refractivity contribution in [1.29, 1.82) is 0 Å². The summed E-state index contributed by atoms with van der Waals surface area (Å²) in [6.07, 6.45) is 1.41. The van der Waals surface area contributed by atoms with Crippen LogP contribution in [0.25, 0.3) is 0 Å². The van der Waals surface area contributed by atoms with Crippen LogP contribution in [0.5, 0.6) is 0 Å². The van der Waals surface area contributed by atoms with Crippen molar-refractivity contribution in [2.45, 2.75) is 26.7 Å². The van der Waals surface area contributed by atoms with Crippen molar-refractivity contribution in [3.8, 4) is 0 Å². The predicted molar refractivity (Wildman–Crippen MR) is 52.3 cm³/mol. The standard InChI is InChI=1S/C11H16O2/c1-7(2)9-5-10(12)8(3)11(6-9)13-4/h9H,1,5-6H2,2-4H3/t9-/m1/s1. The molecular formula is C11H16O2. The first-order valence-corrected chi connectivity index (χ1v) is 4.48. The van der Waals surface area contributed by atoms with Gasteiger partial charge in [0.15, 0.2) is 5.78 Å². The van der Waals surface area contributed by atoms with Crippen LogP contribution < -0.4 is 0 Å². The zero-order valence-electron chi connectivity index (χ0n) is 8.52. The molecule has 1 aliphatic rings. The Labute approximate surface area is 79.3 Å². The molecule has 1 rings (SSSR count). The van der Waals surface area contributed by atoms with Gasteiger partial charge in [-0.1, -0.05) is 12.2 Å². The molecular weight excluding hydrogens is 164 g/mol. The van der Waals surface area contributed by atoms with Gasteiger partial charge in [0.2, 0.25) is 0 Å². The molecule has 0 bridgehead atoms. The van der Waals surface area contributed by atoms with Crippen molar-refractivity contribution in [1.82, 2.24) is 0 Å². The van der Waals surface area contributed by atoms with E-state index in [4.69, 9.17) is 4.74 Å². The number of methoxy groups -OCH3 is 1. The quantitative estimate of drug-likeness (QED) is 0.610. The second-order valence-corrected chi connectivity index (χ2v) is 3.63. The second kappa shape index (κ2) is 3.77. The van der Waals surface area contributed by atoms with Gasteiger partial charge in [-0.05, 0) is 19.8 Å². The Morgan fingerprint density at radius 1 is 1.54 bits per heavy atom. The first-order chi connectivity index (χ1) is 6.06. The fraction of sp³-hybridized carbons (Fsp3) is 0.545. The molecule has 0 amide bonds. The number of rotatable bonds is 2. The van der Waals surface area contributed by atoms with Crippen LogP contribution in [-0.4, -0.2) is 12.9 Å². The molecule has 0 fully saturated rings. The molecule has 0 N–H and O–H groups in total. The summed E-state index contributed by atoms with van der Waals surface area (Å²) in [4.78, 5) is 11.5. The third kappa shape index (κ3) is 2.00. The van der Waals surface area contributed by atoms with E-state index >= 15 is 0 Å². The molecule has 72 valence electrons. The Bertz CT molecular complexity index is 274. The fourth-order valence-corrected chi connectivity index (χ4v) is 1.57. The first kappa shape index (κ1) is 10.0. The van der Waals surface area contributed by atoms with E-state index in [1.54, 1.807) is 7.11 Å². The number of hydrogen-bond donors (Lipinski definition) is 0. The number of carbonyl (C=O) groups is 1. The maximum Gasteiger partial charge on any atom is 0.162 e. The highest BCUT2D eigenvalue weighted by Crippen LogP contribution is 2.30. The molecule has 0 aromatic carbocycles. The van der Waals surface area contributed by atoms with Gasteiger partial charge >= 0.3 is 0 Å². The van der Waals surface area contributed by atoms with Gasteiger partial charge < -0.3 is 4.74 Å². The van der Waals surface area contributed by atoms with Crippen molar-refractivity contribution in [2.75, 3.05) is 7.11 Å². The van der Waals surface area contributed by atoms with Crippen LogP contribution in [0.4, 0.5) is 0 Å². The fourth-order valence-electron chi connectivity index (χ4n) is 1.57. The predicted octanol–water partition coefficient (Wildman–Crippen LogP) is 2.46. The van der Waals surface area contributed by atoms with Crippen LogP contribution >= 0.6 is 0 Å². The Kier molecular flexibility index (Phi) is 2.91. The molecule has 2 heteroatoms. The third-order valence-electron chi connectivity index (χ3n) is 2.64. The number of ketones is 1. The van der Waals surface area contributed by atoms with Gasteiger partial charge in [0, 0.05) is 18.4 Å². The zero-order valence-corrected chi connectivity index (χ0v) is 8.52. The lowest BCUT2D eigenvalue weighted by atomic mass is 9.84. The highest BCUT2D eigenvalue weighted by molar-refractivity contribution is 5.96. The summed E-state index contributed by atoms with van der Waals surface area (Å²) < 4.78 is 5.17. The molecule has 0 unspecified atom stereocenters. The van der Waals surface area contributed by atoms with Crippen LogP contribution in [0.2, 0.25) is 0 Å². The summed E-state index contributed by atoms with van der Waals surface area (Å²) in [6, 6.07) is 0. The van der Waals surface area contributed by atoms with E-state index in [0.717, 1.165) is 23.3 Å². The van der Waals surface area contributed by atoms with Gasteiger partial charge in [-0.15, -0.1) is 0 Å². The minimum atomic E-state index is 0.191. The molecule has 0 aromatic rings. The number of allylic oxidation sites excluding steroid dienone is 3. The summed E-state index contributed by atoms with van der Waals surface area (Å²) in [5, 5.41) is 0. The van der Waals surface area contributed by atoms with Crippen LogP contribution in [0.3, 0.4) is 0 Å². The molecule has 1 atom stereocenters. The van der Waals surface area contributed by atoms with Crippen molar-refractivity contribution in [3.63, 3.8) is 0 Å². The molecule has 0 aromatic heterocycles. The van der Waals surface area contributed by atoms with E-state index in [0.29, 0.717) is 6.42 Å². The van der Waals surface area contributed by atoms with E-state index in [2.05, 4.69) is 6.58 Å². The summed E-state index contributed by atoms with van der Waals surface area (Å²) >= 11 is 0. The Hall–Kier alpha value is -1.05. The van der Waals surface area contributed by atoms with E-state index in [1.165, 1.54) is 0 Å². The van der Waals surface area contributed by atoms with Gasteiger partial charge in [-0.25, -0.2) is 0 Å². The number of hydrogen-bond acceptors (Lipinski definition) is 2. The monoisotopic (exact) mass is 180 g/mol. The Morgan fingerprint density at radius 2 is 2.15 bits per heavy atom. The average Bonchev–Trinajstić information content (AvgIpc) is 2.09. The van der Waals surface area contributed by atoms with Gasteiger partial charge in [0.25, 0.3) is 0 Å². The van der Waals surface area contributed by atoms with Crippen molar-refractivity contribution < 1.29 is 9.53 Å². The smallest absolute Gasteiger partial charge is 0.162 e. The summed E-state index contributed by atoms with van der Waals surface area (Å²) in [6.45, 7) is 7.67. The second-order valence-electron chi connectivity index (χ2n) is 3.63. The van der Waals surface area contributed by atoms with Crippen molar-refractivity contribution >= 4 is 5.78 Å². The Morgan fingerprint density at radius 3 is 2.62 bits per heavy atom. The van der Waals surface area contributed by atoms with Crippen molar-refractivity contribution in [2.24, 2.45) is 5.92 Å². The van der Waals surface area contributed by atoms with Crippen LogP contribution in [0.15, 0.2) is 23.5 Å².